The zero-order valence-corrected chi connectivity index (χ0v) is 18.8. The number of benzene rings is 3. The molecule has 0 saturated carbocycles. The molecule has 3 rings (SSSR count). The second kappa shape index (κ2) is 10.7. The van der Waals surface area contributed by atoms with Crippen LogP contribution in [0.15, 0.2) is 78.9 Å². The van der Waals surface area contributed by atoms with Crippen molar-refractivity contribution < 1.29 is 9.53 Å². The van der Waals surface area contributed by atoms with E-state index in [9.17, 15) is 4.79 Å². The number of carbonyl (C=O) groups is 1. The molecule has 0 atom stereocenters. The number of hydrogen-bond acceptors (Lipinski definition) is 2. The number of rotatable bonds is 8. The molecular weight excluding hydrogens is 384 g/mol. The Morgan fingerprint density at radius 2 is 1.55 bits per heavy atom. The third-order valence-electron chi connectivity index (χ3n) is 4.95. The molecule has 4 heteroatoms. The fraction of sp³-hybridized carbons (Fsp3) is 0.296. The Morgan fingerprint density at radius 3 is 2.19 bits per heavy atom. The van der Waals surface area contributed by atoms with Gasteiger partial charge in [0.2, 0.25) is 0 Å². The van der Waals surface area contributed by atoms with Gasteiger partial charge in [0, 0.05) is 18.8 Å². The standard InChI is InChI=1S/C27H32N2O2/c1-20(2)18-29(27(30)28-24-15-13-23(14-16-24)21(3)4)19-22-9-8-12-26(17-22)31-25-10-6-5-7-11-25/h5-17,20-21H,18-19H2,1-4H3,(H,28,30). The molecule has 0 unspecified atom stereocenters. The maximum atomic E-state index is 13.0. The Kier molecular flexibility index (Phi) is 7.71. The van der Waals surface area contributed by atoms with Crippen molar-refractivity contribution in [3.8, 4) is 11.5 Å². The van der Waals surface area contributed by atoms with Crippen molar-refractivity contribution in [1.82, 2.24) is 4.90 Å². The first-order valence-corrected chi connectivity index (χ1v) is 10.9. The van der Waals surface area contributed by atoms with Crippen LogP contribution < -0.4 is 10.1 Å². The molecule has 0 heterocycles. The lowest BCUT2D eigenvalue weighted by atomic mass is 10.0. The van der Waals surface area contributed by atoms with Crippen molar-refractivity contribution in [2.24, 2.45) is 5.92 Å². The van der Waals surface area contributed by atoms with Gasteiger partial charge in [-0.15, -0.1) is 0 Å². The molecule has 31 heavy (non-hydrogen) atoms. The zero-order chi connectivity index (χ0) is 22.2. The molecule has 162 valence electrons. The van der Waals surface area contributed by atoms with Crippen molar-refractivity contribution in [3.63, 3.8) is 0 Å². The minimum absolute atomic E-state index is 0.0969. The van der Waals surface area contributed by atoms with Crippen LogP contribution in [0.4, 0.5) is 10.5 Å². The lowest BCUT2D eigenvalue weighted by Gasteiger charge is -2.25. The Balaban J connectivity index is 1.70. The van der Waals surface area contributed by atoms with Crippen LogP contribution in [0.1, 0.15) is 44.7 Å². The first-order valence-electron chi connectivity index (χ1n) is 10.9. The van der Waals surface area contributed by atoms with Gasteiger partial charge >= 0.3 is 6.03 Å². The van der Waals surface area contributed by atoms with E-state index in [1.807, 2.05) is 71.6 Å². The number of urea groups is 1. The number of nitrogens with zero attached hydrogens (tertiary/aromatic N) is 1. The highest BCUT2D eigenvalue weighted by molar-refractivity contribution is 5.89. The Morgan fingerprint density at radius 1 is 0.871 bits per heavy atom. The lowest BCUT2D eigenvalue weighted by molar-refractivity contribution is 0.201. The summed E-state index contributed by atoms with van der Waals surface area (Å²) in [4.78, 5) is 14.9. The number of hydrogen-bond donors (Lipinski definition) is 1. The lowest BCUT2D eigenvalue weighted by Crippen LogP contribution is -2.37. The van der Waals surface area contributed by atoms with Crippen molar-refractivity contribution in [2.45, 2.75) is 40.2 Å². The van der Waals surface area contributed by atoms with Gasteiger partial charge in [-0.05, 0) is 59.4 Å². The maximum Gasteiger partial charge on any atom is 0.322 e. The molecule has 0 spiro atoms. The minimum Gasteiger partial charge on any atom is -0.457 e. The van der Waals surface area contributed by atoms with Gasteiger partial charge in [0.1, 0.15) is 11.5 Å². The van der Waals surface area contributed by atoms with Gasteiger partial charge in [-0.1, -0.05) is 70.2 Å². The van der Waals surface area contributed by atoms with Crippen LogP contribution in [-0.4, -0.2) is 17.5 Å². The van der Waals surface area contributed by atoms with Crippen LogP contribution in [0, 0.1) is 5.92 Å². The molecular formula is C27H32N2O2. The molecule has 2 amide bonds. The van der Waals surface area contributed by atoms with Gasteiger partial charge in [0.15, 0.2) is 0 Å². The van der Waals surface area contributed by atoms with E-state index < -0.39 is 0 Å². The molecule has 4 nitrogen and oxygen atoms in total. The first-order chi connectivity index (χ1) is 14.9. The van der Waals surface area contributed by atoms with Gasteiger partial charge in [-0.3, -0.25) is 0 Å². The van der Waals surface area contributed by atoms with Crippen LogP contribution in [0.5, 0.6) is 11.5 Å². The van der Waals surface area contributed by atoms with E-state index in [0.717, 1.165) is 22.7 Å². The second-order valence-electron chi connectivity index (χ2n) is 8.54. The quantitative estimate of drug-likeness (QED) is 0.419. The molecule has 0 radical (unpaired) electrons. The highest BCUT2D eigenvalue weighted by Crippen LogP contribution is 2.23. The highest BCUT2D eigenvalue weighted by Gasteiger charge is 2.16. The van der Waals surface area contributed by atoms with E-state index in [-0.39, 0.29) is 6.03 Å². The Bertz CT molecular complexity index is 966. The molecule has 0 bridgehead atoms. The fourth-order valence-electron chi connectivity index (χ4n) is 3.37. The number of para-hydroxylation sites is 1. The van der Waals surface area contributed by atoms with Crippen molar-refractivity contribution in [2.75, 3.05) is 11.9 Å². The number of nitrogens with one attached hydrogen (secondary N) is 1. The van der Waals surface area contributed by atoms with E-state index in [1.54, 1.807) is 0 Å². The normalized spacial score (nSPS) is 10.9. The topological polar surface area (TPSA) is 41.6 Å². The van der Waals surface area contributed by atoms with E-state index >= 15 is 0 Å². The average molecular weight is 417 g/mol. The predicted molar refractivity (Wildman–Crippen MR) is 128 cm³/mol. The first kappa shape index (κ1) is 22.4. The van der Waals surface area contributed by atoms with Crippen LogP contribution in [0.25, 0.3) is 0 Å². The molecule has 0 fully saturated rings. The monoisotopic (exact) mass is 416 g/mol. The molecule has 0 aromatic heterocycles. The maximum absolute atomic E-state index is 13.0. The van der Waals surface area contributed by atoms with Gasteiger partial charge in [0.05, 0.1) is 0 Å². The number of anilines is 1. The zero-order valence-electron chi connectivity index (χ0n) is 18.8. The van der Waals surface area contributed by atoms with Crippen LogP contribution in [-0.2, 0) is 6.54 Å². The summed E-state index contributed by atoms with van der Waals surface area (Å²) in [5.41, 5.74) is 3.09. The summed E-state index contributed by atoms with van der Waals surface area (Å²) in [5.74, 6) is 2.38. The highest BCUT2D eigenvalue weighted by atomic mass is 16.5. The van der Waals surface area contributed by atoms with Crippen molar-refractivity contribution in [3.05, 3.63) is 90.0 Å². The number of carbonyl (C=O) groups excluding carboxylic acids is 1. The second-order valence-corrected chi connectivity index (χ2v) is 8.54. The molecule has 1 N–H and O–H groups in total. The average Bonchev–Trinajstić information content (AvgIpc) is 2.74. The molecule has 0 aliphatic rings. The molecule has 0 aliphatic carbocycles. The van der Waals surface area contributed by atoms with E-state index in [1.165, 1.54) is 5.56 Å². The largest absolute Gasteiger partial charge is 0.457 e. The summed E-state index contributed by atoms with van der Waals surface area (Å²) in [6, 6.07) is 25.6. The summed E-state index contributed by atoms with van der Waals surface area (Å²) in [5, 5.41) is 3.04. The van der Waals surface area contributed by atoms with Crippen molar-refractivity contribution >= 4 is 11.7 Å². The smallest absolute Gasteiger partial charge is 0.322 e. The van der Waals surface area contributed by atoms with E-state index in [2.05, 4.69) is 45.1 Å². The van der Waals surface area contributed by atoms with Crippen molar-refractivity contribution in [1.29, 1.82) is 0 Å². The summed E-state index contributed by atoms with van der Waals surface area (Å²) >= 11 is 0. The molecule has 3 aromatic carbocycles. The van der Waals surface area contributed by atoms with E-state index in [0.29, 0.717) is 24.9 Å². The number of ether oxygens (including phenoxy) is 1. The van der Waals surface area contributed by atoms with Crippen LogP contribution in [0.2, 0.25) is 0 Å². The summed E-state index contributed by atoms with van der Waals surface area (Å²) < 4.78 is 5.95. The Hall–Kier alpha value is -3.27. The summed E-state index contributed by atoms with van der Waals surface area (Å²) in [6.45, 7) is 9.74. The van der Waals surface area contributed by atoms with Gasteiger partial charge in [-0.2, -0.15) is 0 Å². The third kappa shape index (κ3) is 6.88. The molecule has 3 aromatic rings. The minimum atomic E-state index is -0.0969. The van der Waals surface area contributed by atoms with Crippen LogP contribution >= 0.6 is 0 Å². The fourth-order valence-corrected chi connectivity index (χ4v) is 3.37. The van der Waals surface area contributed by atoms with Gasteiger partial charge < -0.3 is 15.0 Å². The predicted octanol–water partition coefficient (Wildman–Crippen LogP) is 7.29. The van der Waals surface area contributed by atoms with Crippen LogP contribution in [0.3, 0.4) is 0 Å². The van der Waals surface area contributed by atoms with E-state index in [4.69, 9.17) is 4.74 Å². The summed E-state index contributed by atoms with van der Waals surface area (Å²) in [6.07, 6.45) is 0. The number of amides is 2. The SMILES string of the molecule is CC(C)CN(Cc1cccc(Oc2ccccc2)c1)C(=O)Nc1ccc(C(C)C)cc1. The molecule has 0 aliphatic heterocycles. The molecule has 0 saturated heterocycles. The third-order valence-corrected chi connectivity index (χ3v) is 4.95. The van der Waals surface area contributed by atoms with Gasteiger partial charge in [-0.25, -0.2) is 4.79 Å². The Labute approximate surface area is 185 Å². The summed E-state index contributed by atoms with van der Waals surface area (Å²) in [7, 11) is 0. The van der Waals surface area contributed by atoms with Gasteiger partial charge in [0.25, 0.3) is 0 Å².